The zero-order valence-corrected chi connectivity index (χ0v) is 9.33. The fourth-order valence-corrected chi connectivity index (χ4v) is 2.18. The van der Waals surface area contributed by atoms with Crippen LogP contribution in [0, 0.1) is 5.41 Å². The lowest BCUT2D eigenvalue weighted by molar-refractivity contribution is 0.378. The second kappa shape index (κ2) is 3.68. The predicted molar refractivity (Wildman–Crippen MR) is 61.5 cm³/mol. The minimum absolute atomic E-state index is 0.457. The molecule has 0 aromatic carbocycles. The molecule has 15 heavy (non-hydrogen) atoms. The first kappa shape index (κ1) is 10.2. The van der Waals surface area contributed by atoms with Crippen LogP contribution in [0.1, 0.15) is 33.1 Å². The van der Waals surface area contributed by atoms with Crippen molar-refractivity contribution in [3.8, 4) is 0 Å². The lowest BCUT2D eigenvalue weighted by Crippen LogP contribution is -2.18. The van der Waals surface area contributed by atoms with Gasteiger partial charge in [-0.2, -0.15) is 0 Å². The molecule has 1 saturated carbocycles. The highest BCUT2D eigenvalue weighted by Gasteiger charge is 2.30. The molecule has 1 fully saturated rings. The molecule has 4 nitrogen and oxygen atoms in total. The van der Waals surface area contributed by atoms with Crippen LogP contribution in [0.15, 0.2) is 12.4 Å². The number of nitrogens with zero attached hydrogens (tertiary/aromatic N) is 2. The number of anilines is 2. The van der Waals surface area contributed by atoms with E-state index in [4.69, 9.17) is 5.73 Å². The monoisotopic (exact) mass is 206 g/mol. The molecule has 0 spiro atoms. The largest absolute Gasteiger partial charge is 0.382 e. The Morgan fingerprint density at radius 1 is 1.40 bits per heavy atom. The van der Waals surface area contributed by atoms with Crippen molar-refractivity contribution in [2.24, 2.45) is 5.41 Å². The summed E-state index contributed by atoms with van der Waals surface area (Å²) in [7, 11) is 0. The Morgan fingerprint density at radius 2 is 2.20 bits per heavy atom. The molecule has 0 radical (unpaired) electrons. The summed E-state index contributed by atoms with van der Waals surface area (Å²) in [5, 5.41) is 3.39. The third-order valence-electron chi connectivity index (χ3n) is 2.99. The molecule has 3 N–H and O–H groups in total. The number of nitrogens with two attached hydrogens (primary N) is 1. The molecule has 1 heterocycles. The van der Waals surface area contributed by atoms with E-state index in [0.717, 1.165) is 5.82 Å². The van der Waals surface area contributed by atoms with Gasteiger partial charge in [-0.25, -0.2) is 9.97 Å². The Morgan fingerprint density at radius 3 is 2.73 bits per heavy atom. The van der Waals surface area contributed by atoms with Crippen molar-refractivity contribution in [1.82, 2.24) is 9.97 Å². The zero-order chi connectivity index (χ0) is 10.9. The van der Waals surface area contributed by atoms with Crippen LogP contribution in [0.25, 0.3) is 0 Å². The standard InChI is InChI=1S/C11H18N4/c1-11(2)4-3-8(5-11)15-10-7-13-9(12)6-14-10/h6-8H,3-5H2,1-2H3,(H2,12,13)(H,14,15). The van der Waals surface area contributed by atoms with Crippen molar-refractivity contribution in [3.05, 3.63) is 12.4 Å². The van der Waals surface area contributed by atoms with Crippen molar-refractivity contribution in [3.63, 3.8) is 0 Å². The summed E-state index contributed by atoms with van der Waals surface area (Å²) in [4.78, 5) is 8.20. The maximum absolute atomic E-state index is 5.48. The summed E-state index contributed by atoms with van der Waals surface area (Å²) >= 11 is 0. The summed E-state index contributed by atoms with van der Waals surface area (Å²) in [5.74, 6) is 1.29. The van der Waals surface area contributed by atoms with Crippen molar-refractivity contribution in [2.75, 3.05) is 11.1 Å². The van der Waals surface area contributed by atoms with Crippen molar-refractivity contribution in [2.45, 2.75) is 39.2 Å². The van der Waals surface area contributed by atoms with Crippen LogP contribution in [0.5, 0.6) is 0 Å². The molecule has 0 aliphatic heterocycles. The van der Waals surface area contributed by atoms with Gasteiger partial charge < -0.3 is 11.1 Å². The molecule has 0 saturated heterocycles. The Kier molecular flexibility index (Phi) is 2.50. The number of hydrogen-bond donors (Lipinski definition) is 2. The van der Waals surface area contributed by atoms with E-state index >= 15 is 0 Å². The molecule has 1 unspecified atom stereocenters. The predicted octanol–water partition coefficient (Wildman–Crippen LogP) is 2.05. The Bertz CT molecular complexity index is 331. The van der Waals surface area contributed by atoms with E-state index in [1.54, 1.807) is 12.4 Å². The average Bonchev–Trinajstić information content (AvgIpc) is 2.50. The fourth-order valence-electron chi connectivity index (χ4n) is 2.18. The third-order valence-corrected chi connectivity index (χ3v) is 2.99. The summed E-state index contributed by atoms with van der Waals surface area (Å²) in [6.07, 6.45) is 6.95. The lowest BCUT2D eigenvalue weighted by atomic mass is 9.92. The van der Waals surface area contributed by atoms with Crippen molar-refractivity contribution < 1.29 is 0 Å². The summed E-state index contributed by atoms with van der Waals surface area (Å²) in [6.45, 7) is 4.62. The summed E-state index contributed by atoms with van der Waals surface area (Å²) in [5.41, 5.74) is 5.93. The van der Waals surface area contributed by atoms with Crippen LogP contribution in [0.4, 0.5) is 11.6 Å². The van der Waals surface area contributed by atoms with E-state index in [1.165, 1.54) is 19.3 Å². The van der Waals surface area contributed by atoms with E-state index in [9.17, 15) is 0 Å². The molecule has 0 amide bonds. The van der Waals surface area contributed by atoms with E-state index in [2.05, 4.69) is 29.1 Å². The summed E-state index contributed by atoms with van der Waals surface area (Å²) in [6, 6.07) is 0.526. The minimum Gasteiger partial charge on any atom is -0.382 e. The fraction of sp³-hybridized carbons (Fsp3) is 0.636. The van der Waals surface area contributed by atoms with Gasteiger partial charge in [0.15, 0.2) is 0 Å². The maximum atomic E-state index is 5.48. The normalized spacial score (nSPS) is 24.0. The molecule has 1 atom stereocenters. The van der Waals surface area contributed by atoms with Gasteiger partial charge in [-0.15, -0.1) is 0 Å². The van der Waals surface area contributed by atoms with Gasteiger partial charge in [0.25, 0.3) is 0 Å². The van der Waals surface area contributed by atoms with Gasteiger partial charge in [-0.3, -0.25) is 0 Å². The molecule has 4 heteroatoms. The highest BCUT2D eigenvalue weighted by molar-refractivity contribution is 5.37. The smallest absolute Gasteiger partial charge is 0.144 e. The molecular formula is C11H18N4. The molecular weight excluding hydrogens is 188 g/mol. The maximum Gasteiger partial charge on any atom is 0.144 e. The second-order valence-corrected chi connectivity index (χ2v) is 5.07. The van der Waals surface area contributed by atoms with Crippen LogP contribution >= 0.6 is 0 Å². The van der Waals surface area contributed by atoms with E-state index < -0.39 is 0 Å². The number of nitrogen functional groups attached to an aromatic ring is 1. The van der Waals surface area contributed by atoms with E-state index in [0.29, 0.717) is 17.3 Å². The quantitative estimate of drug-likeness (QED) is 0.777. The van der Waals surface area contributed by atoms with E-state index in [1.807, 2.05) is 0 Å². The van der Waals surface area contributed by atoms with Crippen LogP contribution in [-0.4, -0.2) is 16.0 Å². The Balaban J connectivity index is 1.96. The molecule has 0 bridgehead atoms. The van der Waals surface area contributed by atoms with Gasteiger partial charge in [0.1, 0.15) is 11.6 Å². The number of rotatable bonds is 2. The number of aromatic nitrogens is 2. The van der Waals surface area contributed by atoms with Crippen LogP contribution in [0.2, 0.25) is 0 Å². The van der Waals surface area contributed by atoms with Crippen LogP contribution < -0.4 is 11.1 Å². The molecule has 1 aromatic heterocycles. The molecule has 2 rings (SSSR count). The first-order valence-electron chi connectivity index (χ1n) is 5.39. The van der Waals surface area contributed by atoms with Gasteiger partial charge in [-0.1, -0.05) is 13.8 Å². The minimum atomic E-state index is 0.457. The molecule has 82 valence electrons. The number of nitrogens with one attached hydrogen (secondary N) is 1. The van der Waals surface area contributed by atoms with Crippen LogP contribution in [-0.2, 0) is 0 Å². The van der Waals surface area contributed by atoms with Crippen molar-refractivity contribution in [1.29, 1.82) is 0 Å². The van der Waals surface area contributed by atoms with Gasteiger partial charge in [-0.05, 0) is 24.7 Å². The SMILES string of the molecule is CC1(C)CCC(Nc2cnc(N)cn2)C1. The molecule has 1 aromatic rings. The Labute approximate surface area is 90.3 Å². The third kappa shape index (κ3) is 2.58. The molecule has 1 aliphatic rings. The Hall–Kier alpha value is -1.32. The first-order chi connectivity index (χ1) is 7.05. The molecule has 1 aliphatic carbocycles. The topological polar surface area (TPSA) is 63.8 Å². The van der Waals surface area contributed by atoms with Crippen LogP contribution in [0.3, 0.4) is 0 Å². The lowest BCUT2D eigenvalue weighted by Gasteiger charge is -2.17. The average molecular weight is 206 g/mol. The number of hydrogen-bond acceptors (Lipinski definition) is 4. The van der Waals surface area contributed by atoms with Gasteiger partial charge >= 0.3 is 0 Å². The summed E-state index contributed by atoms with van der Waals surface area (Å²) < 4.78 is 0. The highest BCUT2D eigenvalue weighted by Crippen LogP contribution is 2.37. The zero-order valence-electron chi connectivity index (χ0n) is 9.33. The first-order valence-corrected chi connectivity index (χ1v) is 5.39. The van der Waals surface area contributed by atoms with Gasteiger partial charge in [0.05, 0.1) is 12.4 Å². The van der Waals surface area contributed by atoms with Gasteiger partial charge in [0.2, 0.25) is 0 Å². The van der Waals surface area contributed by atoms with Crippen molar-refractivity contribution >= 4 is 11.6 Å². The van der Waals surface area contributed by atoms with E-state index in [-0.39, 0.29) is 0 Å². The second-order valence-electron chi connectivity index (χ2n) is 5.07. The van der Waals surface area contributed by atoms with Gasteiger partial charge in [0, 0.05) is 6.04 Å². The highest BCUT2D eigenvalue weighted by atomic mass is 15.0.